The second kappa shape index (κ2) is 6.62. The molecule has 0 aliphatic carbocycles. The third-order valence-electron chi connectivity index (χ3n) is 3.35. The van der Waals surface area contributed by atoms with Crippen molar-refractivity contribution in [3.05, 3.63) is 71.4 Å². The number of nitrogens with zero attached hydrogens (tertiary/aromatic N) is 2. The average Bonchev–Trinajstić information content (AvgIpc) is 2.53. The van der Waals surface area contributed by atoms with Crippen molar-refractivity contribution in [1.82, 2.24) is 9.97 Å². The van der Waals surface area contributed by atoms with E-state index < -0.39 is 11.6 Å². The number of aromatic nitrogens is 2. The van der Waals surface area contributed by atoms with Crippen LogP contribution in [0.15, 0.2) is 48.5 Å². The van der Waals surface area contributed by atoms with Crippen LogP contribution < -0.4 is 10.6 Å². The molecule has 0 fully saturated rings. The van der Waals surface area contributed by atoms with Gasteiger partial charge in [0, 0.05) is 29.2 Å². The van der Waals surface area contributed by atoms with E-state index in [4.69, 9.17) is 0 Å². The maximum absolute atomic E-state index is 13.3. The van der Waals surface area contributed by atoms with E-state index in [1.54, 1.807) is 6.07 Å². The van der Waals surface area contributed by atoms with Gasteiger partial charge in [-0.2, -0.15) is 4.98 Å². The molecule has 1 heterocycles. The van der Waals surface area contributed by atoms with Gasteiger partial charge in [-0.25, -0.2) is 13.8 Å². The molecule has 0 bridgehead atoms. The predicted octanol–water partition coefficient (Wildman–Crippen LogP) is 4.86. The monoisotopic (exact) mass is 326 g/mol. The van der Waals surface area contributed by atoms with Gasteiger partial charge in [-0.1, -0.05) is 17.7 Å². The lowest BCUT2D eigenvalue weighted by Gasteiger charge is -2.10. The topological polar surface area (TPSA) is 49.8 Å². The van der Waals surface area contributed by atoms with Gasteiger partial charge < -0.3 is 10.6 Å². The maximum atomic E-state index is 13.3. The SMILES string of the molecule is Cc1ccc(Nc2cc(C)nc(Nc3ccc(F)c(F)c3)n2)cc1. The van der Waals surface area contributed by atoms with Crippen LogP contribution in [0, 0.1) is 25.5 Å². The zero-order chi connectivity index (χ0) is 17.1. The second-order valence-corrected chi connectivity index (χ2v) is 5.46. The standard InChI is InChI=1S/C18H16F2N4/c1-11-3-5-13(6-4-11)22-17-9-12(2)21-18(24-17)23-14-7-8-15(19)16(20)10-14/h3-10H,1-2H3,(H2,21,22,23,24). The van der Waals surface area contributed by atoms with E-state index in [-0.39, 0.29) is 0 Å². The van der Waals surface area contributed by atoms with E-state index in [9.17, 15) is 8.78 Å². The summed E-state index contributed by atoms with van der Waals surface area (Å²) in [5.41, 5.74) is 3.18. The van der Waals surface area contributed by atoms with Crippen LogP contribution in [0.3, 0.4) is 0 Å². The number of hydrogen-bond acceptors (Lipinski definition) is 4. The first-order chi connectivity index (χ1) is 11.5. The van der Waals surface area contributed by atoms with E-state index in [0.717, 1.165) is 23.5 Å². The van der Waals surface area contributed by atoms with Crippen LogP contribution in [0.25, 0.3) is 0 Å². The first-order valence-corrected chi connectivity index (χ1v) is 7.41. The Labute approximate surface area is 138 Å². The molecule has 0 radical (unpaired) electrons. The molecule has 3 aromatic rings. The summed E-state index contributed by atoms with van der Waals surface area (Å²) in [6, 6.07) is 13.2. The molecule has 0 spiro atoms. The quantitative estimate of drug-likeness (QED) is 0.719. The van der Waals surface area contributed by atoms with Crippen LogP contribution in [-0.2, 0) is 0 Å². The molecule has 122 valence electrons. The summed E-state index contributed by atoms with van der Waals surface area (Å²) >= 11 is 0. The van der Waals surface area contributed by atoms with Crippen molar-refractivity contribution in [1.29, 1.82) is 0 Å². The fourth-order valence-corrected chi connectivity index (χ4v) is 2.18. The second-order valence-electron chi connectivity index (χ2n) is 5.46. The molecule has 0 saturated carbocycles. The molecule has 0 amide bonds. The van der Waals surface area contributed by atoms with Gasteiger partial charge in [0.15, 0.2) is 11.6 Å². The molecular weight excluding hydrogens is 310 g/mol. The number of anilines is 4. The van der Waals surface area contributed by atoms with Gasteiger partial charge in [0.05, 0.1) is 0 Å². The predicted molar refractivity (Wildman–Crippen MR) is 90.9 cm³/mol. The molecule has 6 heteroatoms. The van der Waals surface area contributed by atoms with Gasteiger partial charge in [-0.3, -0.25) is 0 Å². The first kappa shape index (κ1) is 15.9. The number of nitrogens with one attached hydrogen (secondary N) is 2. The summed E-state index contributed by atoms with van der Waals surface area (Å²) in [7, 11) is 0. The number of benzene rings is 2. The summed E-state index contributed by atoms with van der Waals surface area (Å²) < 4.78 is 26.3. The Balaban J connectivity index is 1.82. The minimum absolute atomic E-state index is 0.301. The highest BCUT2D eigenvalue weighted by Crippen LogP contribution is 2.20. The van der Waals surface area contributed by atoms with E-state index in [1.807, 2.05) is 38.1 Å². The fraction of sp³-hybridized carbons (Fsp3) is 0.111. The molecule has 0 aliphatic rings. The third kappa shape index (κ3) is 3.84. The number of rotatable bonds is 4. The Kier molecular flexibility index (Phi) is 4.37. The third-order valence-corrected chi connectivity index (χ3v) is 3.35. The number of aryl methyl sites for hydroxylation is 2. The Morgan fingerprint density at radius 3 is 2.17 bits per heavy atom. The molecule has 0 unspecified atom stereocenters. The Morgan fingerprint density at radius 2 is 1.46 bits per heavy atom. The maximum Gasteiger partial charge on any atom is 0.229 e. The summed E-state index contributed by atoms with van der Waals surface area (Å²) in [4.78, 5) is 8.61. The van der Waals surface area contributed by atoms with Crippen LogP contribution >= 0.6 is 0 Å². The highest BCUT2D eigenvalue weighted by Gasteiger charge is 2.06. The molecule has 0 saturated heterocycles. The van der Waals surface area contributed by atoms with E-state index in [0.29, 0.717) is 17.5 Å². The molecule has 2 N–H and O–H groups in total. The minimum atomic E-state index is -0.925. The molecule has 4 nitrogen and oxygen atoms in total. The molecule has 0 aliphatic heterocycles. The summed E-state index contributed by atoms with van der Waals surface area (Å²) in [6.45, 7) is 3.85. The zero-order valence-corrected chi connectivity index (χ0v) is 13.3. The van der Waals surface area contributed by atoms with Crippen LogP contribution in [0.4, 0.5) is 31.9 Å². The largest absolute Gasteiger partial charge is 0.340 e. The van der Waals surface area contributed by atoms with Crippen LogP contribution in [0.1, 0.15) is 11.3 Å². The zero-order valence-electron chi connectivity index (χ0n) is 13.3. The highest BCUT2D eigenvalue weighted by atomic mass is 19.2. The van der Waals surface area contributed by atoms with Gasteiger partial charge in [0.1, 0.15) is 5.82 Å². The first-order valence-electron chi connectivity index (χ1n) is 7.41. The molecule has 24 heavy (non-hydrogen) atoms. The van der Waals surface area contributed by atoms with Gasteiger partial charge in [-0.05, 0) is 38.1 Å². The fourth-order valence-electron chi connectivity index (χ4n) is 2.18. The van der Waals surface area contributed by atoms with Crippen molar-refractivity contribution in [2.24, 2.45) is 0 Å². The summed E-state index contributed by atoms with van der Waals surface area (Å²) in [5.74, 6) is -0.912. The number of hydrogen-bond donors (Lipinski definition) is 2. The molecule has 2 aromatic carbocycles. The van der Waals surface area contributed by atoms with Crippen molar-refractivity contribution in [3.63, 3.8) is 0 Å². The van der Waals surface area contributed by atoms with Crippen molar-refractivity contribution in [3.8, 4) is 0 Å². The van der Waals surface area contributed by atoms with Crippen LogP contribution in [0.2, 0.25) is 0 Å². The van der Waals surface area contributed by atoms with Gasteiger partial charge in [0.2, 0.25) is 5.95 Å². The highest BCUT2D eigenvalue weighted by molar-refractivity contribution is 5.60. The number of halogens is 2. The Hall–Kier alpha value is -3.02. The molecule has 1 aromatic heterocycles. The summed E-state index contributed by atoms with van der Waals surface area (Å²) in [6.07, 6.45) is 0. The van der Waals surface area contributed by atoms with Gasteiger partial charge in [0.25, 0.3) is 0 Å². The van der Waals surface area contributed by atoms with Crippen molar-refractivity contribution < 1.29 is 8.78 Å². The van der Waals surface area contributed by atoms with Crippen LogP contribution in [0.5, 0.6) is 0 Å². The normalized spacial score (nSPS) is 10.5. The Bertz CT molecular complexity index is 863. The van der Waals surface area contributed by atoms with Crippen molar-refractivity contribution in [2.75, 3.05) is 10.6 Å². The lowest BCUT2D eigenvalue weighted by atomic mass is 10.2. The van der Waals surface area contributed by atoms with Crippen LogP contribution in [-0.4, -0.2) is 9.97 Å². The lowest BCUT2D eigenvalue weighted by molar-refractivity contribution is 0.509. The Morgan fingerprint density at radius 1 is 0.750 bits per heavy atom. The molecule has 0 atom stereocenters. The smallest absolute Gasteiger partial charge is 0.229 e. The summed E-state index contributed by atoms with van der Waals surface area (Å²) in [5, 5.41) is 6.07. The molecule has 3 rings (SSSR count). The molecular formula is C18H16F2N4. The van der Waals surface area contributed by atoms with Crippen molar-refractivity contribution >= 4 is 23.1 Å². The minimum Gasteiger partial charge on any atom is -0.340 e. The van der Waals surface area contributed by atoms with Gasteiger partial charge in [-0.15, -0.1) is 0 Å². The average molecular weight is 326 g/mol. The lowest BCUT2D eigenvalue weighted by Crippen LogP contribution is -2.02. The van der Waals surface area contributed by atoms with Gasteiger partial charge >= 0.3 is 0 Å². The van der Waals surface area contributed by atoms with E-state index in [1.165, 1.54) is 11.6 Å². The van der Waals surface area contributed by atoms with Crippen molar-refractivity contribution in [2.45, 2.75) is 13.8 Å². The van der Waals surface area contributed by atoms with E-state index >= 15 is 0 Å². The van der Waals surface area contributed by atoms with E-state index in [2.05, 4.69) is 20.6 Å².